The molecule has 0 radical (unpaired) electrons. The summed E-state index contributed by atoms with van der Waals surface area (Å²) in [5.41, 5.74) is 0.680. The monoisotopic (exact) mass is 279 g/mol. The van der Waals surface area contributed by atoms with Gasteiger partial charge in [0.1, 0.15) is 0 Å². The number of nitrogens with one attached hydrogen (secondary N) is 1. The largest absolute Gasteiger partial charge is 0.465 e. The van der Waals surface area contributed by atoms with Crippen molar-refractivity contribution in [2.75, 3.05) is 12.4 Å². The molecular formula is C14H14ClNO3. The van der Waals surface area contributed by atoms with Crippen molar-refractivity contribution < 1.29 is 14.3 Å². The molecule has 0 bridgehead atoms. The summed E-state index contributed by atoms with van der Waals surface area (Å²) in [6.45, 7) is 1.85. The highest BCUT2D eigenvalue weighted by molar-refractivity contribution is 6.34. The number of carbonyl (C=O) groups is 2. The number of ether oxygens (including phenoxy) is 1. The maximum atomic E-state index is 11.6. The number of hydrogen-bond donors (Lipinski definition) is 1. The van der Waals surface area contributed by atoms with Crippen LogP contribution in [0.15, 0.2) is 42.5 Å². The van der Waals surface area contributed by atoms with Crippen molar-refractivity contribution in [2.45, 2.75) is 6.92 Å². The van der Waals surface area contributed by atoms with Crippen LogP contribution < -0.4 is 5.32 Å². The molecule has 1 aromatic carbocycles. The minimum atomic E-state index is -0.489. The van der Waals surface area contributed by atoms with E-state index in [2.05, 4.69) is 10.1 Å². The lowest BCUT2D eigenvalue weighted by Gasteiger charge is -2.07. The van der Waals surface area contributed by atoms with Crippen molar-refractivity contribution in [1.82, 2.24) is 0 Å². The van der Waals surface area contributed by atoms with Gasteiger partial charge in [0.25, 0.3) is 0 Å². The topological polar surface area (TPSA) is 55.4 Å². The molecule has 1 N–H and O–H groups in total. The van der Waals surface area contributed by atoms with E-state index in [-0.39, 0.29) is 5.91 Å². The molecule has 100 valence electrons. The van der Waals surface area contributed by atoms with Crippen LogP contribution in [0.5, 0.6) is 0 Å². The van der Waals surface area contributed by atoms with Gasteiger partial charge in [0.05, 0.1) is 23.4 Å². The number of hydrogen-bond acceptors (Lipinski definition) is 3. The summed E-state index contributed by atoms with van der Waals surface area (Å²) in [6.07, 6.45) is 6.50. The molecule has 0 aromatic heterocycles. The molecular weight excluding hydrogens is 266 g/mol. The Bertz CT molecular complexity index is 535. The van der Waals surface area contributed by atoms with Gasteiger partial charge in [0, 0.05) is 6.08 Å². The normalized spacial score (nSPS) is 10.9. The van der Waals surface area contributed by atoms with Gasteiger partial charge in [0.15, 0.2) is 0 Å². The van der Waals surface area contributed by atoms with Gasteiger partial charge in [-0.3, -0.25) is 4.79 Å². The van der Waals surface area contributed by atoms with E-state index >= 15 is 0 Å². The first-order valence-electron chi connectivity index (χ1n) is 5.56. The zero-order valence-corrected chi connectivity index (χ0v) is 11.4. The first-order valence-corrected chi connectivity index (χ1v) is 5.94. The van der Waals surface area contributed by atoms with E-state index in [1.54, 1.807) is 18.2 Å². The maximum Gasteiger partial charge on any atom is 0.337 e. The highest BCUT2D eigenvalue weighted by Crippen LogP contribution is 2.23. The molecule has 1 amide bonds. The summed E-state index contributed by atoms with van der Waals surface area (Å²) in [4.78, 5) is 23.0. The number of rotatable bonds is 4. The van der Waals surface area contributed by atoms with Gasteiger partial charge >= 0.3 is 5.97 Å². The summed E-state index contributed by atoms with van der Waals surface area (Å²) in [5.74, 6) is -0.821. The van der Waals surface area contributed by atoms with Crippen LogP contribution >= 0.6 is 11.6 Å². The second-order valence-electron chi connectivity index (χ2n) is 3.56. The second-order valence-corrected chi connectivity index (χ2v) is 3.97. The average Bonchev–Trinajstić information content (AvgIpc) is 2.40. The van der Waals surface area contributed by atoms with Crippen LogP contribution in [0.2, 0.25) is 5.02 Å². The van der Waals surface area contributed by atoms with E-state index in [9.17, 15) is 9.59 Å². The minimum absolute atomic E-state index is 0.319. The van der Waals surface area contributed by atoms with E-state index in [0.29, 0.717) is 16.3 Å². The van der Waals surface area contributed by atoms with E-state index in [0.717, 1.165) is 0 Å². The Morgan fingerprint density at radius 2 is 2.05 bits per heavy atom. The van der Waals surface area contributed by atoms with E-state index < -0.39 is 5.97 Å². The van der Waals surface area contributed by atoms with Gasteiger partial charge in [-0.2, -0.15) is 0 Å². The van der Waals surface area contributed by atoms with Crippen LogP contribution in [-0.2, 0) is 9.53 Å². The number of halogens is 1. The van der Waals surface area contributed by atoms with Crippen LogP contribution in [0.25, 0.3) is 0 Å². The van der Waals surface area contributed by atoms with Gasteiger partial charge in [-0.15, -0.1) is 0 Å². The fraction of sp³-hybridized carbons (Fsp3) is 0.143. The number of esters is 1. The second kappa shape index (κ2) is 7.38. The summed E-state index contributed by atoms with van der Waals surface area (Å²) in [6, 6.07) is 4.52. The lowest BCUT2D eigenvalue weighted by molar-refractivity contribution is -0.111. The highest BCUT2D eigenvalue weighted by Gasteiger charge is 2.09. The zero-order valence-electron chi connectivity index (χ0n) is 10.6. The minimum Gasteiger partial charge on any atom is -0.465 e. The first-order chi connectivity index (χ1) is 9.08. The molecule has 0 aliphatic rings. The molecule has 0 spiro atoms. The van der Waals surface area contributed by atoms with Gasteiger partial charge in [-0.25, -0.2) is 4.79 Å². The van der Waals surface area contributed by atoms with Gasteiger partial charge < -0.3 is 10.1 Å². The van der Waals surface area contributed by atoms with E-state index in [1.165, 1.54) is 31.4 Å². The van der Waals surface area contributed by atoms with Crippen LogP contribution in [-0.4, -0.2) is 19.0 Å². The third-order valence-electron chi connectivity index (χ3n) is 2.20. The number of carbonyl (C=O) groups excluding carboxylic acids is 2. The van der Waals surface area contributed by atoms with Crippen molar-refractivity contribution in [1.29, 1.82) is 0 Å². The number of amides is 1. The molecule has 0 saturated carbocycles. The van der Waals surface area contributed by atoms with Crippen molar-refractivity contribution in [3.63, 3.8) is 0 Å². The molecule has 19 heavy (non-hydrogen) atoms. The summed E-state index contributed by atoms with van der Waals surface area (Å²) in [5, 5.41) is 2.94. The smallest absolute Gasteiger partial charge is 0.337 e. The van der Waals surface area contributed by atoms with Crippen molar-refractivity contribution in [3.05, 3.63) is 53.1 Å². The van der Waals surface area contributed by atoms with Crippen molar-refractivity contribution in [2.24, 2.45) is 0 Å². The molecule has 0 aliphatic heterocycles. The molecule has 0 aliphatic carbocycles. The molecule has 0 unspecified atom stereocenters. The lowest BCUT2D eigenvalue weighted by atomic mass is 10.2. The number of methoxy groups -OCH3 is 1. The van der Waals surface area contributed by atoms with E-state index in [1.807, 2.05) is 6.92 Å². The Labute approximate surface area is 116 Å². The molecule has 0 fully saturated rings. The SMILES string of the molecule is C/C=C/C=C/C(=O)Nc1cc(C(=O)OC)ccc1Cl. The molecule has 1 rings (SSSR count). The van der Waals surface area contributed by atoms with Crippen LogP contribution in [0, 0.1) is 0 Å². The number of anilines is 1. The molecule has 0 atom stereocenters. The third-order valence-corrected chi connectivity index (χ3v) is 2.53. The Morgan fingerprint density at radius 1 is 1.32 bits per heavy atom. The lowest BCUT2D eigenvalue weighted by Crippen LogP contribution is -2.09. The molecule has 0 heterocycles. The number of allylic oxidation sites excluding steroid dienone is 3. The predicted molar refractivity (Wildman–Crippen MR) is 75.4 cm³/mol. The Kier molecular flexibility index (Phi) is 5.82. The molecule has 1 aromatic rings. The van der Waals surface area contributed by atoms with Crippen LogP contribution in [0.3, 0.4) is 0 Å². The number of benzene rings is 1. The average molecular weight is 280 g/mol. The quantitative estimate of drug-likeness (QED) is 0.523. The molecule has 0 saturated heterocycles. The van der Waals surface area contributed by atoms with E-state index in [4.69, 9.17) is 11.6 Å². The Hall–Kier alpha value is -2.07. The fourth-order valence-corrected chi connectivity index (χ4v) is 1.46. The first kappa shape index (κ1) is 15.0. The highest BCUT2D eigenvalue weighted by atomic mass is 35.5. The van der Waals surface area contributed by atoms with Gasteiger partial charge in [0.2, 0.25) is 5.91 Å². The third kappa shape index (κ3) is 4.60. The summed E-state index contributed by atoms with van der Waals surface area (Å²) in [7, 11) is 1.29. The fourth-order valence-electron chi connectivity index (χ4n) is 1.29. The predicted octanol–water partition coefficient (Wildman–Crippen LogP) is 3.20. The maximum absolute atomic E-state index is 11.6. The van der Waals surface area contributed by atoms with Gasteiger partial charge in [-0.1, -0.05) is 29.8 Å². The van der Waals surface area contributed by atoms with Gasteiger partial charge in [-0.05, 0) is 25.1 Å². The summed E-state index contributed by atoms with van der Waals surface area (Å²) < 4.78 is 4.60. The standard InChI is InChI=1S/C14H14ClNO3/c1-3-4-5-6-13(17)16-12-9-10(14(18)19-2)7-8-11(12)15/h3-9H,1-2H3,(H,16,17)/b4-3+,6-5+. The molecule has 4 nitrogen and oxygen atoms in total. The zero-order chi connectivity index (χ0) is 14.3. The Morgan fingerprint density at radius 3 is 2.68 bits per heavy atom. The molecule has 5 heteroatoms. The van der Waals surface area contributed by atoms with Crippen LogP contribution in [0.4, 0.5) is 5.69 Å². The Balaban J connectivity index is 2.88. The summed E-state index contributed by atoms with van der Waals surface area (Å²) >= 11 is 5.94. The van der Waals surface area contributed by atoms with Crippen molar-refractivity contribution >= 4 is 29.2 Å². The van der Waals surface area contributed by atoms with Crippen molar-refractivity contribution in [3.8, 4) is 0 Å². The van der Waals surface area contributed by atoms with Crippen LogP contribution in [0.1, 0.15) is 17.3 Å².